The van der Waals surface area contributed by atoms with Gasteiger partial charge in [0.15, 0.2) is 11.5 Å². The van der Waals surface area contributed by atoms with Crippen LogP contribution in [-0.2, 0) is 0 Å². The Morgan fingerprint density at radius 1 is 0.976 bits per heavy atom. The average Bonchev–Trinajstić information content (AvgIpc) is 2.99. The number of nitrogens with one attached hydrogen (secondary N) is 1. The van der Waals surface area contributed by atoms with Crippen molar-refractivity contribution in [3.05, 3.63) is 84.9 Å². The molecule has 2 aromatic carbocycles. The van der Waals surface area contributed by atoms with Crippen molar-refractivity contribution in [3.8, 4) is 28.4 Å². The molecular formula is C33H34FN5O3. The Hall–Kier alpha value is -4.66. The van der Waals surface area contributed by atoms with Crippen LogP contribution in [0.5, 0.6) is 17.2 Å². The second-order valence-corrected chi connectivity index (χ2v) is 10.5. The Labute approximate surface area is 244 Å². The summed E-state index contributed by atoms with van der Waals surface area (Å²) < 4.78 is 31.7. The highest BCUT2D eigenvalue weighted by molar-refractivity contribution is 5.93. The normalized spacial score (nSPS) is 15.2. The molecule has 216 valence electrons. The molecule has 0 bridgehead atoms. The number of halogens is 1. The third kappa shape index (κ3) is 5.59. The summed E-state index contributed by atoms with van der Waals surface area (Å²) in [6.45, 7) is 5.92. The van der Waals surface area contributed by atoms with Gasteiger partial charge in [0.05, 0.1) is 31.6 Å². The molecule has 1 aliphatic carbocycles. The SMILES string of the molecule is C=CC(=C1CCC1)N1CCC(Oc2cc3c(Nc4cc(-c5cncc(F)c5)ccc4OC)ncnc3cc2OC)CC1. The predicted molar refractivity (Wildman–Crippen MR) is 162 cm³/mol. The lowest BCUT2D eigenvalue weighted by molar-refractivity contribution is 0.115. The summed E-state index contributed by atoms with van der Waals surface area (Å²) >= 11 is 0. The third-order valence-electron chi connectivity index (χ3n) is 8.00. The highest BCUT2D eigenvalue weighted by Crippen LogP contribution is 2.39. The van der Waals surface area contributed by atoms with Gasteiger partial charge < -0.3 is 24.4 Å². The minimum Gasteiger partial charge on any atom is -0.495 e. The second-order valence-electron chi connectivity index (χ2n) is 10.5. The molecule has 2 aromatic heterocycles. The molecule has 2 aliphatic rings. The first-order valence-corrected chi connectivity index (χ1v) is 14.2. The summed E-state index contributed by atoms with van der Waals surface area (Å²) in [6, 6.07) is 10.8. The van der Waals surface area contributed by atoms with E-state index in [4.69, 9.17) is 14.2 Å². The lowest BCUT2D eigenvalue weighted by Crippen LogP contribution is -2.38. The number of methoxy groups -OCH3 is 2. The predicted octanol–water partition coefficient (Wildman–Crippen LogP) is 7.06. The van der Waals surface area contributed by atoms with Crippen LogP contribution < -0.4 is 19.5 Å². The van der Waals surface area contributed by atoms with E-state index in [0.717, 1.165) is 36.9 Å². The Morgan fingerprint density at radius 2 is 1.79 bits per heavy atom. The average molecular weight is 568 g/mol. The first-order chi connectivity index (χ1) is 20.6. The first kappa shape index (κ1) is 27.5. The molecule has 9 heteroatoms. The molecule has 1 saturated heterocycles. The van der Waals surface area contributed by atoms with Gasteiger partial charge in [-0.05, 0) is 60.7 Å². The maximum Gasteiger partial charge on any atom is 0.162 e. The Bertz CT molecular complexity index is 1640. The molecule has 2 fully saturated rings. The molecular weight excluding hydrogens is 533 g/mol. The van der Waals surface area contributed by atoms with Crippen molar-refractivity contribution in [2.45, 2.75) is 38.2 Å². The number of piperidine rings is 1. The van der Waals surface area contributed by atoms with Gasteiger partial charge >= 0.3 is 0 Å². The maximum absolute atomic E-state index is 13.9. The van der Waals surface area contributed by atoms with Crippen molar-refractivity contribution in [1.29, 1.82) is 0 Å². The number of benzene rings is 2. The van der Waals surface area contributed by atoms with Crippen molar-refractivity contribution in [2.24, 2.45) is 0 Å². The van der Waals surface area contributed by atoms with Crippen LogP contribution in [0.25, 0.3) is 22.0 Å². The van der Waals surface area contributed by atoms with E-state index in [1.807, 2.05) is 36.4 Å². The zero-order valence-corrected chi connectivity index (χ0v) is 23.9. The number of aromatic nitrogens is 3. The minimum atomic E-state index is -0.400. The molecule has 3 heterocycles. The number of pyridine rings is 1. The summed E-state index contributed by atoms with van der Waals surface area (Å²) in [5.74, 6) is 2.06. The van der Waals surface area contributed by atoms with E-state index in [-0.39, 0.29) is 6.10 Å². The topological polar surface area (TPSA) is 81.6 Å². The number of anilines is 2. The zero-order valence-electron chi connectivity index (χ0n) is 23.9. The highest BCUT2D eigenvalue weighted by atomic mass is 19.1. The zero-order chi connectivity index (χ0) is 29.1. The fraction of sp³-hybridized carbons (Fsp3) is 0.303. The number of rotatable bonds is 9. The third-order valence-corrected chi connectivity index (χ3v) is 8.00. The van der Waals surface area contributed by atoms with E-state index in [0.29, 0.717) is 39.8 Å². The highest BCUT2D eigenvalue weighted by Gasteiger charge is 2.25. The summed E-state index contributed by atoms with van der Waals surface area (Å²) in [4.78, 5) is 15.4. The second kappa shape index (κ2) is 12.1. The standard InChI is InChI=1S/C33H34FN5O3/c1-4-29(21-6-5-7-21)39-12-10-25(11-13-39)42-32-16-26-27(17-31(32)41-3)36-20-37-33(26)38-28-15-22(8-9-30(28)40-2)23-14-24(34)19-35-18-23/h4,8-9,14-20,25H,1,5-7,10-13H2,2-3H3,(H,36,37,38). The van der Waals surface area contributed by atoms with E-state index in [2.05, 4.69) is 31.7 Å². The van der Waals surface area contributed by atoms with E-state index >= 15 is 0 Å². The van der Waals surface area contributed by atoms with Gasteiger partial charge in [-0.3, -0.25) is 4.98 Å². The number of hydrogen-bond acceptors (Lipinski definition) is 8. The Morgan fingerprint density at radius 3 is 2.48 bits per heavy atom. The molecule has 0 amide bonds. The number of nitrogens with zero attached hydrogens (tertiary/aromatic N) is 4. The monoisotopic (exact) mass is 567 g/mol. The molecule has 1 aliphatic heterocycles. The fourth-order valence-electron chi connectivity index (χ4n) is 5.60. The first-order valence-electron chi connectivity index (χ1n) is 14.2. The van der Waals surface area contributed by atoms with E-state index in [1.165, 1.54) is 49.1 Å². The Balaban J connectivity index is 1.27. The van der Waals surface area contributed by atoms with E-state index in [9.17, 15) is 4.39 Å². The molecule has 6 rings (SSSR count). The van der Waals surface area contributed by atoms with Gasteiger partial charge in [0.25, 0.3) is 0 Å². The lowest BCUT2D eigenvalue weighted by atomic mass is 9.89. The molecule has 0 spiro atoms. The molecule has 0 atom stereocenters. The molecule has 4 aromatic rings. The number of likely N-dealkylation sites (tertiary alicyclic amines) is 1. The minimum absolute atomic E-state index is 0.0581. The van der Waals surface area contributed by atoms with E-state index < -0.39 is 5.82 Å². The number of allylic oxidation sites excluding steroid dienone is 2. The van der Waals surface area contributed by atoms with Crippen molar-refractivity contribution < 1.29 is 18.6 Å². The van der Waals surface area contributed by atoms with Gasteiger partial charge in [-0.2, -0.15) is 0 Å². The fourth-order valence-corrected chi connectivity index (χ4v) is 5.60. The molecule has 0 radical (unpaired) electrons. The molecule has 42 heavy (non-hydrogen) atoms. The molecule has 0 unspecified atom stereocenters. The number of hydrogen-bond donors (Lipinski definition) is 1. The van der Waals surface area contributed by atoms with Crippen molar-refractivity contribution in [1.82, 2.24) is 19.9 Å². The van der Waals surface area contributed by atoms with Crippen molar-refractivity contribution in [2.75, 3.05) is 32.6 Å². The van der Waals surface area contributed by atoms with Crippen molar-refractivity contribution in [3.63, 3.8) is 0 Å². The number of fused-ring (bicyclic) bond motifs is 1. The number of ether oxygens (including phenoxy) is 3. The molecule has 1 N–H and O–H groups in total. The summed E-state index contributed by atoms with van der Waals surface area (Å²) in [6.07, 6.45) is 11.8. The van der Waals surface area contributed by atoms with Crippen LogP contribution in [0.2, 0.25) is 0 Å². The van der Waals surface area contributed by atoms with Gasteiger partial charge in [-0.1, -0.05) is 12.6 Å². The van der Waals surface area contributed by atoms with Crippen LogP contribution in [0.4, 0.5) is 15.9 Å². The van der Waals surface area contributed by atoms with Crippen LogP contribution in [-0.4, -0.2) is 53.3 Å². The summed E-state index contributed by atoms with van der Waals surface area (Å²) in [5.41, 5.74) is 5.65. The maximum atomic E-state index is 13.9. The van der Waals surface area contributed by atoms with Crippen LogP contribution in [0.15, 0.2) is 79.0 Å². The lowest BCUT2D eigenvalue weighted by Gasteiger charge is -2.37. The van der Waals surface area contributed by atoms with Gasteiger partial charge in [0, 0.05) is 54.8 Å². The summed E-state index contributed by atoms with van der Waals surface area (Å²) in [7, 11) is 3.24. The largest absolute Gasteiger partial charge is 0.495 e. The molecule has 8 nitrogen and oxygen atoms in total. The Kier molecular flexibility index (Phi) is 7.90. The van der Waals surface area contributed by atoms with Gasteiger partial charge in [-0.25, -0.2) is 14.4 Å². The van der Waals surface area contributed by atoms with Gasteiger partial charge in [0.2, 0.25) is 0 Å². The van der Waals surface area contributed by atoms with Crippen molar-refractivity contribution >= 4 is 22.4 Å². The van der Waals surface area contributed by atoms with Gasteiger partial charge in [0.1, 0.15) is 29.8 Å². The van der Waals surface area contributed by atoms with Crippen LogP contribution in [0.1, 0.15) is 32.1 Å². The summed E-state index contributed by atoms with van der Waals surface area (Å²) in [5, 5.41) is 4.17. The smallest absolute Gasteiger partial charge is 0.162 e. The quantitative estimate of drug-likeness (QED) is 0.230. The van der Waals surface area contributed by atoms with Crippen LogP contribution >= 0.6 is 0 Å². The van der Waals surface area contributed by atoms with E-state index in [1.54, 1.807) is 20.4 Å². The van der Waals surface area contributed by atoms with Gasteiger partial charge in [-0.15, -0.1) is 0 Å². The van der Waals surface area contributed by atoms with Crippen LogP contribution in [0.3, 0.4) is 0 Å². The molecule has 1 saturated carbocycles. The van der Waals surface area contributed by atoms with Crippen LogP contribution in [0, 0.1) is 5.82 Å².